The molecule has 98 valence electrons. The van der Waals surface area contributed by atoms with Crippen molar-refractivity contribution >= 4 is 27.7 Å². The molecule has 0 unspecified atom stereocenters. The van der Waals surface area contributed by atoms with Gasteiger partial charge in [0, 0.05) is 19.3 Å². The first-order valence-electron chi connectivity index (χ1n) is 6.31. The van der Waals surface area contributed by atoms with Crippen LogP contribution in [0.25, 0.3) is 0 Å². The third-order valence-electron chi connectivity index (χ3n) is 3.20. The Labute approximate surface area is 116 Å². The molecule has 1 aromatic heterocycles. The van der Waals surface area contributed by atoms with E-state index in [-0.39, 0.29) is 5.91 Å². The Morgan fingerprint density at radius 1 is 1.44 bits per heavy atom. The second kappa shape index (κ2) is 6.18. The maximum Gasteiger partial charge on any atom is 0.241 e. The lowest BCUT2D eigenvalue weighted by atomic mass is 10.1. The summed E-state index contributed by atoms with van der Waals surface area (Å²) in [4.78, 5) is 18.1. The molecule has 1 fully saturated rings. The second-order valence-electron chi connectivity index (χ2n) is 4.59. The van der Waals surface area contributed by atoms with Crippen molar-refractivity contribution in [3.05, 3.63) is 22.3 Å². The summed E-state index contributed by atoms with van der Waals surface area (Å²) in [6, 6.07) is 1.93. The molecule has 2 heterocycles. The van der Waals surface area contributed by atoms with Crippen molar-refractivity contribution in [1.29, 1.82) is 0 Å². The van der Waals surface area contributed by atoms with E-state index in [0.717, 1.165) is 41.8 Å². The monoisotopic (exact) mass is 311 g/mol. The fourth-order valence-corrected chi connectivity index (χ4v) is 2.45. The summed E-state index contributed by atoms with van der Waals surface area (Å²) in [5, 5.41) is 3.10. The van der Waals surface area contributed by atoms with Crippen LogP contribution in [0.4, 0.5) is 5.82 Å². The molecule has 1 saturated heterocycles. The summed E-state index contributed by atoms with van der Waals surface area (Å²) in [6.45, 7) is 4.10. The van der Waals surface area contributed by atoms with Crippen LogP contribution in [0.2, 0.25) is 0 Å². The zero-order valence-corrected chi connectivity index (χ0v) is 12.2. The quantitative estimate of drug-likeness (QED) is 0.933. The number of hydrogen-bond acceptors (Lipinski definition) is 3. The van der Waals surface area contributed by atoms with Crippen LogP contribution in [0.5, 0.6) is 0 Å². The Bertz CT molecular complexity index is 430. The van der Waals surface area contributed by atoms with Crippen LogP contribution in [-0.2, 0) is 4.79 Å². The lowest BCUT2D eigenvalue weighted by Gasteiger charge is -2.26. The molecule has 0 spiro atoms. The second-order valence-corrected chi connectivity index (χ2v) is 5.38. The molecular formula is C13H18BrN3O. The largest absolute Gasteiger partial charge is 0.360 e. The number of amides is 1. The van der Waals surface area contributed by atoms with Gasteiger partial charge in [-0.15, -0.1) is 0 Å². The molecule has 0 saturated carbocycles. The molecule has 0 aromatic carbocycles. The van der Waals surface area contributed by atoms with Crippen LogP contribution in [-0.4, -0.2) is 35.4 Å². The summed E-state index contributed by atoms with van der Waals surface area (Å²) in [5.74, 6) is 0.894. The zero-order valence-electron chi connectivity index (χ0n) is 10.6. The van der Waals surface area contributed by atoms with E-state index < -0.39 is 0 Å². The highest BCUT2D eigenvalue weighted by Crippen LogP contribution is 2.23. The van der Waals surface area contributed by atoms with E-state index in [1.54, 1.807) is 6.20 Å². The minimum Gasteiger partial charge on any atom is -0.360 e. The van der Waals surface area contributed by atoms with Gasteiger partial charge in [-0.3, -0.25) is 4.79 Å². The zero-order chi connectivity index (χ0) is 13.0. The standard InChI is InChI=1S/C13H18BrN3O/c1-10-5-6-15-13(12(10)14)16-9-11(18)17-7-3-2-4-8-17/h5-6H,2-4,7-9H2,1H3,(H,15,16). The number of aromatic nitrogens is 1. The molecule has 4 nitrogen and oxygen atoms in total. The van der Waals surface area contributed by atoms with Crippen molar-refractivity contribution in [2.24, 2.45) is 0 Å². The summed E-state index contributed by atoms with van der Waals surface area (Å²) < 4.78 is 0.927. The van der Waals surface area contributed by atoms with Gasteiger partial charge in [0.15, 0.2) is 0 Å². The third kappa shape index (κ3) is 3.22. The number of piperidine rings is 1. The third-order valence-corrected chi connectivity index (χ3v) is 4.20. The highest BCUT2D eigenvalue weighted by Gasteiger charge is 2.16. The number of likely N-dealkylation sites (tertiary alicyclic amines) is 1. The van der Waals surface area contributed by atoms with Crippen molar-refractivity contribution < 1.29 is 4.79 Å². The van der Waals surface area contributed by atoms with Gasteiger partial charge in [0.2, 0.25) is 5.91 Å². The van der Waals surface area contributed by atoms with Gasteiger partial charge in [0.05, 0.1) is 11.0 Å². The highest BCUT2D eigenvalue weighted by molar-refractivity contribution is 9.10. The van der Waals surface area contributed by atoms with E-state index in [1.165, 1.54) is 6.42 Å². The van der Waals surface area contributed by atoms with E-state index in [2.05, 4.69) is 26.2 Å². The number of carbonyl (C=O) groups excluding carboxylic acids is 1. The van der Waals surface area contributed by atoms with E-state index in [4.69, 9.17) is 0 Å². The van der Waals surface area contributed by atoms with Crippen LogP contribution in [0.3, 0.4) is 0 Å². The Balaban J connectivity index is 1.90. The first kappa shape index (κ1) is 13.3. The predicted molar refractivity (Wildman–Crippen MR) is 75.6 cm³/mol. The molecule has 1 amide bonds. The lowest BCUT2D eigenvalue weighted by Crippen LogP contribution is -2.39. The summed E-state index contributed by atoms with van der Waals surface area (Å²) >= 11 is 3.48. The molecule has 18 heavy (non-hydrogen) atoms. The first-order chi connectivity index (χ1) is 8.68. The van der Waals surface area contributed by atoms with Crippen molar-refractivity contribution in [3.8, 4) is 0 Å². The molecule has 0 atom stereocenters. The van der Waals surface area contributed by atoms with Crippen molar-refractivity contribution in [2.45, 2.75) is 26.2 Å². The van der Waals surface area contributed by atoms with Crippen LogP contribution in [0.1, 0.15) is 24.8 Å². The summed E-state index contributed by atoms with van der Waals surface area (Å²) in [7, 11) is 0. The minimum absolute atomic E-state index is 0.157. The average Bonchev–Trinajstić information content (AvgIpc) is 2.41. The highest BCUT2D eigenvalue weighted by atomic mass is 79.9. The number of aryl methyl sites for hydroxylation is 1. The number of hydrogen-bond donors (Lipinski definition) is 1. The van der Waals surface area contributed by atoms with Gasteiger partial charge in [-0.25, -0.2) is 4.98 Å². The first-order valence-corrected chi connectivity index (χ1v) is 7.10. The van der Waals surface area contributed by atoms with Gasteiger partial charge in [0.25, 0.3) is 0 Å². The Kier molecular flexibility index (Phi) is 4.58. The Hall–Kier alpha value is -1.10. The molecule has 1 aromatic rings. The van der Waals surface area contributed by atoms with E-state index in [1.807, 2.05) is 17.9 Å². The minimum atomic E-state index is 0.157. The number of nitrogens with zero attached hydrogens (tertiary/aromatic N) is 2. The van der Waals surface area contributed by atoms with Crippen LogP contribution >= 0.6 is 15.9 Å². The van der Waals surface area contributed by atoms with Gasteiger partial charge >= 0.3 is 0 Å². The van der Waals surface area contributed by atoms with Crippen LogP contribution in [0.15, 0.2) is 16.7 Å². The fraction of sp³-hybridized carbons (Fsp3) is 0.538. The van der Waals surface area contributed by atoms with E-state index in [9.17, 15) is 4.79 Å². The molecule has 0 bridgehead atoms. The fourth-order valence-electron chi connectivity index (χ4n) is 2.08. The Morgan fingerprint density at radius 2 is 2.17 bits per heavy atom. The number of halogens is 1. The van der Waals surface area contributed by atoms with Crippen LogP contribution < -0.4 is 5.32 Å². The normalized spacial score (nSPS) is 15.6. The Morgan fingerprint density at radius 3 is 2.89 bits per heavy atom. The van der Waals surface area contributed by atoms with Gasteiger partial charge in [0.1, 0.15) is 5.82 Å². The van der Waals surface area contributed by atoms with E-state index >= 15 is 0 Å². The average molecular weight is 312 g/mol. The SMILES string of the molecule is Cc1ccnc(NCC(=O)N2CCCCC2)c1Br. The number of anilines is 1. The molecule has 0 aliphatic carbocycles. The summed E-state index contributed by atoms with van der Waals surface area (Å²) in [6.07, 6.45) is 5.23. The van der Waals surface area contributed by atoms with E-state index in [0.29, 0.717) is 6.54 Å². The van der Waals surface area contributed by atoms with Gasteiger partial charge in [-0.05, 0) is 53.7 Å². The van der Waals surface area contributed by atoms with Gasteiger partial charge in [-0.2, -0.15) is 0 Å². The van der Waals surface area contributed by atoms with Crippen molar-refractivity contribution in [1.82, 2.24) is 9.88 Å². The number of nitrogens with one attached hydrogen (secondary N) is 1. The maximum absolute atomic E-state index is 12.0. The van der Waals surface area contributed by atoms with Crippen molar-refractivity contribution in [3.63, 3.8) is 0 Å². The molecule has 2 rings (SSSR count). The van der Waals surface area contributed by atoms with Gasteiger partial charge < -0.3 is 10.2 Å². The molecule has 1 aliphatic rings. The molecule has 1 aliphatic heterocycles. The van der Waals surface area contributed by atoms with Crippen molar-refractivity contribution in [2.75, 3.05) is 25.0 Å². The summed E-state index contributed by atoms with van der Waals surface area (Å²) in [5.41, 5.74) is 1.11. The number of carbonyl (C=O) groups is 1. The lowest BCUT2D eigenvalue weighted by molar-refractivity contribution is -0.130. The smallest absolute Gasteiger partial charge is 0.241 e. The maximum atomic E-state index is 12.0. The van der Waals surface area contributed by atoms with Crippen LogP contribution in [0, 0.1) is 6.92 Å². The number of pyridine rings is 1. The number of rotatable bonds is 3. The molecular weight excluding hydrogens is 294 g/mol. The molecule has 0 radical (unpaired) electrons. The van der Waals surface area contributed by atoms with Gasteiger partial charge in [-0.1, -0.05) is 0 Å². The molecule has 1 N–H and O–H groups in total. The topological polar surface area (TPSA) is 45.2 Å². The predicted octanol–water partition coefficient (Wildman–Crippen LogP) is 2.58. The molecule has 5 heteroatoms.